The summed E-state index contributed by atoms with van der Waals surface area (Å²) in [5.74, 6) is 3.49. The Hall–Kier alpha value is -2.76. The predicted octanol–water partition coefficient (Wildman–Crippen LogP) is 7.26. The molecular formula is C20H12O3S2. The number of furan rings is 3. The van der Waals surface area contributed by atoms with Gasteiger partial charge in [-0.25, -0.2) is 0 Å². The fourth-order valence-corrected chi connectivity index (χ4v) is 4.52. The highest BCUT2D eigenvalue weighted by atomic mass is 32.1. The van der Waals surface area contributed by atoms with Gasteiger partial charge in [-0.1, -0.05) is 0 Å². The molecule has 5 aromatic heterocycles. The van der Waals surface area contributed by atoms with E-state index in [1.165, 1.54) is 0 Å². The van der Waals surface area contributed by atoms with Crippen molar-refractivity contribution in [1.82, 2.24) is 0 Å². The van der Waals surface area contributed by atoms with E-state index in [1.54, 1.807) is 35.2 Å². The molecule has 0 atom stereocenters. The molecule has 5 heterocycles. The summed E-state index contributed by atoms with van der Waals surface area (Å²) in [6, 6.07) is 20.0. The van der Waals surface area contributed by atoms with E-state index >= 15 is 0 Å². The van der Waals surface area contributed by atoms with Crippen LogP contribution >= 0.6 is 22.7 Å². The molecule has 0 aliphatic carbocycles. The van der Waals surface area contributed by atoms with Crippen molar-refractivity contribution in [3.63, 3.8) is 0 Å². The van der Waals surface area contributed by atoms with Crippen molar-refractivity contribution in [1.29, 1.82) is 0 Å². The first-order valence-electron chi connectivity index (χ1n) is 7.75. The molecule has 5 aromatic rings. The van der Waals surface area contributed by atoms with Crippen molar-refractivity contribution in [2.24, 2.45) is 0 Å². The standard InChI is InChI=1S/C20H12O3S2/c1-3-13(21-11-1)17-7-9-19(24-17)15-5-6-16(23-15)20-10-8-18(25-20)14-4-2-12-22-14/h1-12H. The molecule has 3 nitrogen and oxygen atoms in total. The topological polar surface area (TPSA) is 39.4 Å². The molecule has 0 fully saturated rings. The molecule has 0 aromatic carbocycles. The fraction of sp³-hybridized carbons (Fsp3) is 0. The normalized spacial score (nSPS) is 11.2. The van der Waals surface area contributed by atoms with E-state index in [2.05, 4.69) is 24.3 Å². The molecule has 0 amide bonds. The maximum absolute atomic E-state index is 6.08. The van der Waals surface area contributed by atoms with Crippen LogP contribution in [0.2, 0.25) is 0 Å². The summed E-state index contributed by atoms with van der Waals surface area (Å²) >= 11 is 3.31. The SMILES string of the molecule is c1coc(-c2ccc(-c3ccc(-c4ccc(-c5ccco5)s4)o3)s2)c1. The van der Waals surface area contributed by atoms with Gasteiger partial charge in [-0.05, 0) is 60.7 Å². The van der Waals surface area contributed by atoms with Crippen LogP contribution < -0.4 is 0 Å². The second-order valence-electron chi connectivity index (χ2n) is 5.45. The molecule has 0 unspecified atom stereocenters. The van der Waals surface area contributed by atoms with E-state index in [4.69, 9.17) is 13.3 Å². The van der Waals surface area contributed by atoms with Crippen molar-refractivity contribution >= 4 is 22.7 Å². The van der Waals surface area contributed by atoms with Gasteiger partial charge in [0.2, 0.25) is 0 Å². The van der Waals surface area contributed by atoms with E-state index < -0.39 is 0 Å². The summed E-state index contributed by atoms with van der Waals surface area (Å²) in [6.07, 6.45) is 3.38. The molecular weight excluding hydrogens is 352 g/mol. The highest BCUT2D eigenvalue weighted by Gasteiger charge is 2.13. The van der Waals surface area contributed by atoms with Crippen LogP contribution in [0.4, 0.5) is 0 Å². The molecule has 25 heavy (non-hydrogen) atoms. The van der Waals surface area contributed by atoms with E-state index in [0.29, 0.717) is 0 Å². The minimum atomic E-state index is 0.866. The third-order valence-corrected chi connectivity index (χ3v) is 6.06. The minimum Gasteiger partial charge on any atom is -0.464 e. The van der Waals surface area contributed by atoms with Crippen LogP contribution in [0.5, 0.6) is 0 Å². The summed E-state index contributed by atoms with van der Waals surface area (Å²) in [6.45, 7) is 0. The van der Waals surface area contributed by atoms with Gasteiger partial charge in [-0.2, -0.15) is 0 Å². The lowest BCUT2D eigenvalue weighted by Crippen LogP contribution is -1.63. The largest absolute Gasteiger partial charge is 0.464 e. The predicted molar refractivity (Wildman–Crippen MR) is 101 cm³/mol. The highest BCUT2D eigenvalue weighted by Crippen LogP contribution is 2.39. The smallest absolute Gasteiger partial charge is 0.144 e. The zero-order valence-corrected chi connectivity index (χ0v) is 14.6. The van der Waals surface area contributed by atoms with Crippen LogP contribution in [0.3, 0.4) is 0 Å². The summed E-state index contributed by atoms with van der Waals surface area (Å²) in [7, 11) is 0. The zero-order chi connectivity index (χ0) is 16.6. The van der Waals surface area contributed by atoms with Gasteiger partial charge < -0.3 is 13.3 Å². The summed E-state index contributed by atoms with van der Waals surface area (Å²) in [5.41, 5.74) is 0. The Kier molecular flexibility index (Phi) is 3.47. The first-order valence-corrected chi connectivity index (χ1v) is 9.38. The van der Waals surface area contributed by atoms with Gasteiger partial charge in [-0.3, -0.25) is 0 Å². The molecule has 0 aliphatic heterocycles. The van der Waals surface area contributed by atoms with Gasteiger partial charge >= 0.3 is 0 Å². The number of hydrogen-bond acceptors (Lipinski definition) is 5. The molecule has 0 aliphatic rings. The summed E-state index contributed by atoms with van der Waals surface area (Å²) in [4.78, 5) is 4.35. The van der Waals surface area contributed by atoms with Crippen molar-refractivity contribution in [3.8, 4) is 42.5 Å². The average molecular weight is 364 g/mol. The lowest BCUT2D eigenvalue weighted by Gasteiger charge is -1.93. The van der Waals surface area contributed by atoms with Crippen molar-refractivity contribution in [2.45, 2.75) is 0 Å². The van der Waals surface area contributed by atoms with Crippen molar-refractivity contribution < 1.29 is 13.3 Å². The molecule has 0 bridgehead atoms. The molecule has 5 heteroatoms. The molecule has 0 N–H and O–H groups in total. The van der Waals surface area contributed by atoms with Gasteiger partial charge in [0.05, 0.1) is 32.0 Å². The van der Waals surface area contributed by atoms with Crippen LogP contribution in [-0.4, -0.2) is 0 Å². The quantitative estimate of drug-likeness (QED) is 0.337. The second-order valence-corrected chi connectivity index (χ2v) is 7.61. The number of rotatable bonds is 4. The van der Waals surface area contributed by atoms with E-state index in [1.807, 2.05) is 36.4 Å². The summed E-state index contributed by atoms with van der Waals surface area (Å²) < 4.78 is 17.0. The maximum atomic E-state index is 6.08. The highest BCUT2D eigenvalue weighted by molar-refractivity contribution is 7.19. The van der Waals surface area contributed by atoms with Crippen LogP contribution in [0.25, 0.3) is 42.5 Å². The van der Waals surface area contributed by atoms with Crippen molar-refractivity contribution in [3.05, 3.63) is 73.2 Å². The third kappa shape index (κ3) is 2.67. The Morgan fingerprint density at radius 1 is 0.480 bits per heavy atom. The first-order chi connectivity index (χ1) is 12.4. The molecule has 0 saturated heterocycles. The van der Waals surface area contributed by atoms with Gasteiger partial charge in [0.25, 0.3) is 0 Å². The Morgan fingerprint density at radius 3 is 1.32 bits per heavy atom. The van der Waals surface area contributed by atoms with E-state index in [0.717, 1.165) is 42.5 Å². The van der Waals surface area contributed by atoms with Crippen LogP contribution in [0.1, 0.15) is 0 Å². The Balaban J connectivity index is 1.44. The molecule has 0 radical (unpaired) electrons. The third-order valence-electron chi connectivity index (χ3n) is 3.83. The first kappa shape index (κ1) is 14.6. The van der Waals surface area contributed by atoms with Gasteiger partial charge in [0, 0.05) is 0 Å². The monoisotopic (exact) mass is 364 g/mol. The Bertz CT molecular complexity index is 1000. The van der Waals surface area contributed by atoms with E-state index in [9.17, 15) is 0 Å². The van der Waals surface area contributed by atoms with Crippen molar-refractivity contribution in [2.75, 3.05) is 0 Å². The molecule has 0 spiro atoms. The molecule has 0 saturated carbocycles. The molecule has 5 rings (SSSR count). The van der Waals surface area contributed by atoms with Gasteiger partial charge in [-0.15, -0.1) is 22.7 Å². The zero-order valence-electron chi connectivity index (χ0n) is 13.0. The summed E-state index contributed by atoms with van der Waals surface area (Å²) in [5, 5.41) is 0. The number of hydrogen-bond donors (Lipinski definition) is 0. The maximum Gasteiger partial charge on any atom is 0.144 e. The Labute approximate surface area is 151 Å². The lowest BCUT2D eigenvalue weighted by atomic mass is 10.3. The Morgan fingerprint density at radius 2 is 0.920 bits per heavy atom. The average Bonchev–Trinajstić information content (AvgIpc) is 3.48. The second kappa shape index (κ2) is 5.95. The van der Waals surface area contributed by atoms with Gasteiger partial charge in [0.1, 0.15) is 23.0 Å². The van der Waals surface area contributed by atoms with Crippen LogP contribution in [0, 0.1) is 0 Å². The van der Waals surface area contributed by atoms with E-state index in [-0.39, 0.29) is 0 Å². The number of thiophene rings is 2. The van der Waals surface area contributed by atoms with Crippen LogP contribution in [-0.2, 0) is 0 Å². The van der Waals surface area contributed by atoms with Gasteiger partial charge in [0.15, 0.2) is 0 Å². The molecule has 122 valence electrons. The minimum absolute atomic E-state index is 0.866. The fourth-order valence-electron chi connectivity index (χ4n) is 2.65. The lowest BCUT2D eigenvalue weighted by molar-refractivity contribution is 0.583. The van der Waals surface area contributed by atoms with Crippen LogP contribution in [0.15, 0.2) is 86.4 Å².